The van der Waals surface area contributed by atoms with Crippen molar-refractivity contribution < 1.29 is 21.8 Å². The van der Waals surface area contributed by atoms with Crippen LogP contribution < -0.4 is 22.4 Å². The number of allylic oxidation sites excluding steroid dienone is 2. The third-order valence-corrected chi connectivity index (χ3v) is 3.89. The van der Waals surface area contributed by atoms with Gasteiger partial charge in [0.15, 0.2) is 12.4 Å². The molecule has 4 nitrogen and oxygen atoms in total. The summed E-state index contributed by atoms with van der Waals surface area (Å²) in [6.07, 6.45) is 12.7. The molecule has 2 aliphatic carbocycles. The normalized spacial score (nSPS) is 26.7. The average molecular weight is 292 g/mol. The zero-order chi connectivity index (χ0) is 13.1. The van der Waals surface area contributed by atoms with Crippen molar-refractivity contribution in [3.05, 3.63) is 42.7 Å². The second kappa shape index (κ2) is 6.66. The topological polar surface area (TPSA) is 45.3 Å². The first kappa shape index (κ1) is 14.7. The van der Waals surface area contributed by atoms with Crippen LogP contribution in [0.2, 0.25) is 0 Å². The van der Waals surface area contributed by atoms with Crippen LogP contribution in [-0.2, 0) is 11.3 Å². The molecule has 2 aliphatic rings. The molecule has 1 N–H and O–H groups in total. The number of nitrogens with zero attached hydrogens (tertiary/aromatic N) is 2. The number of hydrogen-bond donors (Lipinski definition) is 1. The quantitative estimate of drug-likeness (QED) is 0.305. The van der Waals surface area contributed by atoms with Crippen molar-refractivity contribution >= 4 is 12.1 Å². The van der Waals surface area contributed by atoms with Crippen LogP contribution in [0.5, 0.6) is 0 Å². The Balaban J connectivity index is 0.00000147. The van der Waals surface area contributed by atoms with E-state index in [2.05, 4.69) is 22.7 Å². The van der Waals surface area contributed by atoms with Crippen molar-refractivity contribution in [2.75, 3.05) is 0 Å². The van der Waals surface area contributed by atoms with Gasteiger partial charge in [0, 0.05) is 24.3 Å². The Labute approximate surface area is 125 Å². The van der Waals surface area contributed by atoms with Crippen LogP contribution in [0.1, 0.15) is 12.8 Å². The molecule has 106 valence electrons. The van der Waals surface area contributed by atoms with Crippen LogP contribution in [0.4, 0.5) is 0 Å². The maximum absolute atomic E-state index is 11.7. The summed E-state index contributed by atoms with van der Waals surface area (Å²) in [4.78, 5) is 11.7. The Hall–Kier alpha value is -1.68. The lowest BCUT2D eigenvalue weighted by Gasteiger charge is -2.11. The minimum atomic E-state index is -0.0915. The van der Waals surface area contributed by atoms with Crippen molar-refractivity contribution in [1.29, 1.82) is 0 Å². The first-order valence-corrected chi connectivity index (χ1v) is 6.76. The maximum Gasteiger partial charge on any atom is 0.305 e. The fraction of sp³-hybridized carbons (Fsp3) is 0.400. The van der Waals surface area contributed by atoms with Gasteiger partial charge in [-0.1, -0.05) is 18.2 Å². The third kappa shape index (κ3) is 3.45. The summed E-state index contributed by atoms with van der Waals surface area (Å²) in [5.74, 6) is 1.78. The van der Waals surface area contributed by atoms with Crippen LogP contribution in [0, 0.1) is 17.8 Å². The van der Waals surface area contributed by atoms with Crippen LogP contribution in [-0.4, -0.2) is 12.1 Å². The minimum Gasteiger partial charge on any atom is -1.00 e. The molecule has 1 fully saturated rings. The number of rotatable bonds is 4. The van der Waals surface area contributed by atoms with E-state index in [1.165, 1.54) is 12.8 Å². The highest BCUT2D eigenvalue weighted by atomic mass is 35.5. The van der Waals surface area contributed by atoms with Gasteiger partial charge in [-0.2, -0.15) is 9.67 Å². The number of carbonyl (C=O) groups excluding carboxylic acids is 1. The monoisotopic (exact) mass is 291 g/mol. The van der Waals surface area contributed by atoms with Gasteiger partial charge in [-0.05, 0) is 24.7 Å². The summed E-state index contributed by atoms with van der Waals surface area (Å²) in [5.41, 5.74) is 2.60. The van der Waals surface area contributed by atoms with Crippen molar-refractivity contribution in [1.82, 2.24) is 5.43 Å². The number of nitrogens with one attached hydrogen (secondary N) is 1. The van der Waals surface area contributed by atoms with Crippen LogP contribution in [0.15, 0.2) is 47.8 Å². The molecular formula is C15H18ClN3O. The van der Waals surface area contributed by atoms with Crippen molar-refractivity contribution in [2.24, 2.45) is 22.9 Å². The largest absolute Gasteiger partial charge is 1.00 e. The SMILES string of the molecule is O=C(C[n+]1ccccc1)N/N=C/C1CC2C=CC1C2.[Cl-]. The molecule has 0 aromatic carbocycles. The van der Waals surface area contributed by atoms with Gasteiger partial charge in [-0.3, -0.25) is 4.79 Å². The highest BCUT2D eigenvalue weighted by Gasteiger charge is 2.34. The zero-order valence-electron chi connectivity index (χ0n) is 11.2. The first-order chi connectivity index (χ1) is 9.31. The predicted octanol–water partition coefficient (Wildman–Crippen LogP) is -1.71. The van der Waals surface area contributed by atoms with E-state index in [1.54, 1.807) is 0 Å². The van der Waals surface area contributed by atoms with Crippen LogP contribution in [0.25, 0.3) is 0 Å². The van der Waals surface area contributed by atoms with E-state index in [9.17, 15) is 4.79 Å². The standard InChI is InChI=1S/C15H17N3O.ClH/c19-15(11-18-6-2-1-3-7-18)17-16-10-14-9-12-4-5-13(14)8-12;/h1-7,10,12-14H,8-9,11H2;1H/b16-10+;. The fourth-order valence-corrected chi connectivity index (χ4v) is 2.94. The molecule has 1 heterocycles. The summed E-state index contributed by atoms with van der Waals surface area (Å²) >= 11 is 0. The molecule has 1 aromatic rings. The Bertz CT molecular complexity index is 515. The van der Waals surface area contributed by atoms with Crippen LogP contribution in [0.3, 0.4) is 0 Å². The van der Waals surface area contributed by atoms with Gasteiger partial charge >= 0.3 is 5.91 Å². The number of halogens is 1. The van der Waals surface area contributed by atoms with E-state index < -0.39 is 0 Å². The number of aromatic nitrogens is 1. The van der Waals surface area contributed by atoms with E-state index in [0.29, 0.717) is 18.4 Å². The molecule has 0 saturated heterocycles. The van der Waals surface area contributed by atoms with Crippen molar-refractivity contribution in [2.45, 2.75) is 19.4 Å². The van der Waals surface area contributed by atoms with E-state index in [0.717, 1.165) is 5.92 Å². The lowest BCUT2D eigenvalue weighted by Crippen LogP contribution is -3.00. The number of hydrogen-bond acceptors (Lipinski definition) is 2. The summed E-state index contributed by atoms with van der Waals surface area (Å²) in [7, 11) is 0. The Morgan fingerprint density at radius 3 is 2.70 bits per heavy atom. The van der Waals surface area contributed by atoms with E-state index >= 15 is 0 Å². The smallest absolute Gasteiger partial charge is 0.305 e. The van der Waals surface area contributed by atoms with Gasteiger partial charge in [0.05, 0.1) is 0 Å². The lowest BCUT2D eigenvalue weighted by molar-refractivity contribution is -0.684. The predicted molar refractivity (Wildman–Crippen MR) is 72.1 cm³/mol. The number of pyridine rings is 1. The second-order valence-electron chi connectivity index (χ2n) is 5.31. The van der Waals surface area contributed by atoms with Crippen LogP contribution >= 0.6 is 0 Å². The third-order valence-electron chi connectivity index (χ3n) is 3.89. The Kier molecular flexibility index (Phi) is 4.90. The summed E-state index contributed by atoms with van der Waals surface area (Å²) in [6.45, 7) is 0.300. The van der Waals surface area contributed by atoms with Gasteiger partial charge in [0.1, 0.15) is 0 Å². The summed E-state index contributed by atoms with van der Waals surface area (Å²) < 4.78 is 1.82. The molecule has 20 heavy (non-hydrogen) atoms. The fourth-order valence-electron chi connectivity index (χ4n) is 2.94. The van der Waals surface area contributed by atoms with E-state index in [-0.39, 0.29) is 18.3 Å². The average Bonchev–Trinajstić information content (AvgIpc) is 3.02. The molecular weight excluding hydrogens is 274 g/mol. The lowest BCUT2D eigenvalue weighted by atomic mass is 9.95. The second-order valence-corrected chi connectivity index (χ2v) is 5.31. The minimum absolute atomic E-state index is 0. The molecule has 0 aliphatic heterocycles. The maximum atomic E-state index is 11.7. The van der Waals surface area contributed by atoms with Crippen molar-refractivity contribution in [3.8, 4) is 0 Å². The van der Waals surface area contributed by atoms with Gasteiger partial charge in [0.2, 0.25) is 6.54 Å². The van der Waals surface area contributed by atoms with Gasteiger partial charge < -0.3 is 12.4 Å². The number of amides is 1. The number of hydrazone groups is 1. The molecule has 1 aromatic heterocycles. The van der Waals surface area contributed by atoms with Gasteiger partial charge in [-0.25, -0.2) is 5.43 Å². The van der Waals surface area contributed by atoms with Crippen molar-refractivity contribution in [3.63, 3.8) is 0 Å². The van der Waals surface area contributed by atoms with Gasteiger partial charge in [0.25, 0.3) is 0 Å². The molecule has 3 rings (SSSR count). The van der Waals surface area contributed by atoms with Gasteiger partial charge in [-0.15, -0.1) is 0 Å². The summed E-state index contributed by atoms with van der Waals surface area (Å²) in [5, 5.41) is 4.10. The molecule has 1 amide bonds. The zero-order valence-corrected chi connectivity index (χ0v) is 11.9. The van der Waals surface area contributed by atoms with E-state index in [4.69, 9.17) is 0 Å². The first-order valence-electron chi connectivity index (χ1n) is 6.76. The molecule has 2 bridgehead atoms. The number of carbonyl (C=O) groups is 1. The number of fused-ring (bicyclic) bond motifs is 2. The van der Waals surface area contributed by atoms with E-state index in [1.807, 2.05) is 41.4 Å². The highest BCUT2D eigenvalue weighted by Crippen LogP contribution is 2.42. The molecule has 0 radical (unpaired) electrons. The Morgan fingerprint density at radius 2 is 2.05 bits per heavy atom. The Morgan fingerprint density at radius 1 is 1.25 bits per heavy atom. The highest BCUT2D eigenvalue weighted by molar-refractivity contribution is 5.75. The summed E-state index contributed by atoms with van der Waals surface area (Å²) in [6, 6.07) is 5.73. The molecule has 3 atom stereocenters. The molecule has 5 heteroatoms. The molecule has 1 saturated carbocycles. The molecule has 0 spiro atoms. The molecule has 3 unspecified atom stereocenters.